The largest absolute Gasteiger partial charge is 0.443 e. The lowest BCUT2D eigenvalue weighted by Crippen LogP contribution is -2.36. The SMILES string of the molecule is COCCS(=O)(=O)c1ccc2c(c1)CN(C(=O)OC(C)(C)C)C2=O. The fourth-order valence-corrected chi connectivity index (χ4v) is 3.48. The molecule has 0 aliphatic carbocycles. The first-order valence-electron chi connectivity index (χ1n) is 7.44. The smallest absolute Gasteiger partial charge is 0.417 e. The summed E-state index contributed by atoms with van der Waals surface area (Å²) < 4.78 is 34.4. The molecule has 1 heterocycles. The Morgan fingerprint density at radius 3 is 2.54 bits per heavy atom. The van der Waals surface area contributed by atoms with Gasteiger partial charge in [-0.2, -0.15) is 0 Å². The van der Waals surface area contributed by atoms with Crippen molar-refractivity contribution in [2.75, 3.05) is 19.5 Å². The normalized spacial score (nSPS) is 14.7. The monoisotopic (exact) mass is 355 g/mol. The van der Waals surface area contributed by atoms with Gasteiger partial charge in [0.2, 0.25) is 0 Å². The molecule has 7 nitrogen and oxygen atoms in total. The number of benzene rings is 1. The standard InChI is InChI=1S/C16H21NO6S/c1-16(2,3)23-15(19)17-10-11-9-12(5-6-13(11)14(17)18)24(20,21)8-7-22-4/h5-6,9H,7-8,10H2,1-4H3. The van der Waals surface area contributed by atoms with Crippen LogP contribution in [0.5, 0.6) is 0 Å². The topological polar surface area (TPSA) is 90.0 Å². The zero-order valence-electron chi connectivity index (χ0n) is 14.2. The van der Waals surface area contributed by atoms with E-state index in [-0.39, 0.29) is 23.8 Å². The first-order chi connectivity index (χ1) is 11.0. The highest BCUT2D eigenvalue weighted by molar-refractivity contribution is 7.91. The summed E-state index contributed by atoms with van der Waals surface area (Å²) in [5.41, 5.74) is 0.0803. The van der Waals surface area contributed by atoms with Gasteiger partial charge in [0.1, 0.15) is 5.60 Å². The van der Waals surface area contributed by atoms with Crippen molar-refractivity contribution < 1.29 is 27.5 Å². The Labute approximate surface area is 141 Å². The molecule has 0 atom stereocenters. The number of hydrogen-bond acceptors (Lipinski definition) is 6. The molecule has 0 aromatic heterocycles. The van der Waals surface area contributed by atoms with E-state index in [0.717, 1.165) is 4.90 Å². The lowest BCUT2D eigenvalue weighted by molar-refractivity contribution is 0.0248. The minimum Gasteiger partial charge on any atom is -0.443 e. The zero-order chi connectivity index (χ0) is 18.1. The first kappa shape index (κ1) is 18.4. The number of imide groups is 1. The molecule has 8 heteroatoms. The average molecular weight is 355 g/mol. The molecule has 2 amide bonds. The Morgan fingerprint density at radius 1 is 1.29 bits per heavy atom. The lowest BCUT2D eigenvalue weighted by Gasteiger charge is -2.23. The second-order valence-electron chi connectivity index (χ2n) is 6.50. The molecule has 0 saturated carbocycles. The zero-order valence-corrected chi connectivity index (χ0v) is 15.0. The van der Waals surface area contributed by atoms with Crippen molar-refractivity contribution >= 4 is 21.8 Å². The third-order valence-corrected chi connectivity index (χ3v) is 5.09. The number of amides is 2. The second kappa shape index (κ2) is 6.52. The molecule has 24 heavy (non-hydrogen) atoms. The Balaban J connectivity index is 2.25. The van der Waals surface area contributed by atoms with Gasteiger partial charge in [0.05, 0.1) is 23.8 Å². The number of fused-ring (bicyclic) bond motifs is 1. The summed E-state index contributed by atoms with van der Waals surface area (Å²) in [5, 5.41) is 0. The summed E-state index contributed by atoms with van der Waals surface area (Å²) in [7, 11) is -2.07. The molecular weight excluding hydrogens is 334 g/mol. The first-order valence-corrected chi connectivity index (χ1v) is 9.10. The minimum absolute atomic E-state index is 0.00326. The van der Waals surface area contributed by atoms with E-state index < -0.39 is 27.4 Å². The molecule has 2 rings (SSSR count). The van der Waals surface area contributed by atoms with E-state index in [1.165, 1.54) is 25.3 Å². The molecule has 0 saturated heterocycles. The summed E-state index contributed by atoms with van der Waals surface area (Å²) in [4.78, 5) is 25.5. The number of ether oxygens (including phenoxy) is 2. The molecule has 0 spiro atoms. The fourth-order valence-electron chi connectivity index (χ4n) is 2.27. The van der Waals surface area contributed by atoms with Gasteiger partial charge >= 0.3 is 6.09 Å². The van der Waals surface area contributed by atoms with Crippen molar-refractivity contribution in [2.45, 2.75) is 37.8 Å². The van der Waals surface area contributed by atoms with Crippen molar-refractivity contribution in [3.63, 3.8) is 0 Å². The predicted octanol–water partition coefficient (Wildman–Crippen LogP) is 2.00. The van der Waals surface area contributed by atoms with Crippen LogP contribution in [-0.4, -0.2) is 50.4 Å². The van der Waals surface area contributed by atoms with Crippen LogP contribution < -0.4 is 0 Å². The van der Waals surface area contributed by atoms with Gasteiger partial charge in [0.15, 0.2) is 9.84 Å². The molecule has 1 aromatic carbocycles. The van der Waals surface area contributed by atoms with E-state index in [2.05, 4.69) is 0 Å². The highest BCUT2D eigenvalue weighted by atomic mass is 32.2. The van der Waals surface area contributed by atoms with Crippen LogP contribution in [0.15, 0.2) is 23.1 Å². The number of carbonyl (C=O) groups excluding carboxylic acids is 2. The fraction of sp³-hybridized carbons (Fsp3) is 0.500. The van der Waals surface area contributed by atoms with Crippen LogP contribution in [0.25, 0.3) is 0 Å². The van der Waals surface area contributed by atoms with Crippen LogP contribution >= 0.6 is 0 Å². The Morgan fingerprint density at radius 2 is 1.96 bits per heavy atom. The van der Waals surface area contributed by atoms with Crippen molar-refractivity contribution in [2.24, 2.45) is 0 Å². The summed E-state index contributed by atoms with van der Waals surface area (Å²) >= 11 is 0. The van der Waals surface area contributed by atoms with E-state index in [1.807, 2.05) is 0 Å². The molecule has 132 valence electrons. The van der Waals surface area contributed by atoms with E-state index in [1.54, 1.807) is 20.8 Å². The summed E-state index contributed by atoms with van der Waals surface area (Å²) in [6.07, 6.45) is -0.743. The molecule has 0 unspecified atom stereocenters. The maximum absolute atomic E-state index is 12.3. The van der Waals surface area contributed by atoms with Gasteiger partial charge in [-0.1, -0.05) is 0 Å². The quantitative estimate of drug-likeness (QED) is 0.820. The maximum Gasteiger partial charge on any atom is 0.417 e. The Hall–Kier alpha value is -1.93. The van der Waals surface area contributed by atoms with Crippen LogP contribution in [0.2, 0.25) is 0 Å². The Bertz CT molecular complexity index is 763. The number of sulfone groups is 1. The minimum atomic E-state index is -3.50. The third-order valence-electron chi connectivity index (χ3n) is 3.41. The van der Waals surface area contributed by atoms with Crippen molar-refractivity contribution in [1.29, 1.82) is 0 Å². The van der Waals surface area contributed by atoms with E-state index in [9.17, 15) is 18.0 Å². The van der Waals surface area contributed by atoms with Crippen LogP contribution in [0.1, 0.15) is 36.7 Å². The summed E-state index contributed by atoms with van der Waals surface area (Å²) in [6.45, 7) is 5.20. The average Bonchev–Trinajstić information content (AvgIpc) is 2.80. The predicted molar refractivity (Wildman–Crippen MR) is 86.5 cm³/mol. The van der Waals surface area contributed by atoms with E-state index >= 15 is 0 Å². The van der Waals surface area contributed by atoms with Gasteiger partial charge in [-0.15, -0.1) is 0 Å². The van der Waals surface area contributed by atoms with E-state index in [4.69, 9.17) is 9.47 Å². The molecule has 1 aliphatic rings. The lowest BCUT2D eigenvalue weighted by atomic mass is 10.1. The van der Waals surface area contributed by atoms with Crippen molar-refractivity contribution in [3.8, 4) is 0 Å². The number of methoxy groups -OCH3 is 1. The molecule has 0 bridgehead atoms. The highest BCUT2D eigenvalue weighted by Crippen LogP contribution is 2.27. The molecule has 0 radical (unpaired) electrons. The molecule has 0 N–H and O–H groups in total. The van der Waals surface area contributed by atoms with Gasteiger partial charge in [0, 0.05) is 12.7 Å². The van der Waals surface area contributed by atoms with Gasteiger partial charge in [-0.3, -0.25) is 4.79 Å². The summed E-state index contributed by atoms with van der Waals surface area (Å²) in [5.74, 6) is -0.633. The second-order valence-corrected chi connectivity index (χ2v) is 8.61. The molecular formula is C16H21NO6S. The summed E-state index contributed by atoms with van der Waals surface area (Å²) in [6, 6.07) is 4.24. The number of carbonyl (C=O) groups is 2. The van der Waals surface area contributed by atoms with E-state index in [0.29, 0.717) is 11.1 Å². The van der Waals surface area contributed by atoms with Crippen LogP contribution in [0.3, 0.4) is 0 Å². The Kier molecular flexibility index (Phi) is 5.00. The van der Waals surface area contributed by atoms with Crippen molar-refractivity contribution in [3.05, 3.63) is 29.3 Å². The van der Waals surface area contributed by atoms with Crippen LogP contribution in [0.4, 0.5) is 4.79 Å². The molecule has 1 aliphatic heterocycles. The van der Waals surface area contributed by atoms with Crippen LogP contribution in [0, 0.1) is 0 Å². The molecule has 0 fully saturated rings. The van der Waals surface area contributed by atoms with Gasteiger partial charge in [0.25, 0.3) is 5.91 Å². The number of nitrogens with zero attached hydrogens (tertiary/aromatic N) is 1. The number of hydrogen-bond donors (Lipinski definition) is 0. The van der Waals surface area contributed by atoms with Gasteiger partial charge in [-0.25, -0.2) is 18.1 Å². The van der Waals surface area contributed by atoms with Gasteiger partial charge in [-0.05, 0) is 44.5 Å². The number of rotatable bonds is 4. The maximum atomic E-state index is 12.3. The van der Waals surface area contributed by atoms with Crippen LogP contribution in [-0.2, 0) is 25.9 Å². The third kappa shape index (κ3) is 3.93. The highest BCUT2D eigenvalue weighted by Gasteiger charge is 2.35. The molecule has 1 aromatic rings. The van der Waals surface area contributed by atoms with Crippen molar-refractivity contribution in [1.82, 2.24) is 4.90 Å². The van der Waals surface area contributed by atoms with Gasteiger partial charge < -0.3 is 9.47 Å².